The SMILES string of the molecule is CC[NH+](CC)CCC[C@H](C)NC(=O)c1cc(-c2ccco2)nn1-c1cccc(C)c1. The van der Waals surface area contributed by atoms with Gasteiger partial charge in [-0.1, -0.05) is 12.1 Å². The molecule has 2 aromatic heterocycles. The minimum atomic E-state index is -0.121. The van der Waals surface area contributed by atoms with Crippen molar-refractivity contribution in [3.05, 3.63) is 60.0 Å². The predicted molar refractivity (Wildman–Crippen MR) is 119 cm³/mol. The van der Waals surface area contributed by atoms with Crippen LogP contribution in [0.25, 0.3) is 17.1 Å². The van der Waals surface area contributed by atoms with Crippen LogP contribution in [0.5, 0.6) is 0 Å². The summed E-state index contributed by atoms with van der Waals surface area (Å²) in [6.07, 6.45) is 3.66. The fourth-order valence-electron chi connectivity index (χ4n) is 3.68. The van der Waals surface area contributed by atoms with Crippen LogP contribution in [0, 0.1) is 6.92 Å². The number of furan rings is 1. The summed E-state index contributed by atoms with van der Waals surface area (Å²) < 4.78 is 7.20. The molecule has 1 atom stereocenters. The molecule has 3 aromatic rings. The topological polar surface area (TPSA) is 64.5 Å². The summed E-state index contributed by atoms with van der Waals surface area (Å²) in [6.45, 7) is 11.9. The second kappa shape index (κ2) is 10.3. The van der Waals surface area contributed by atoms with E-state index >= 15 is 0 Å². The lowest BCUT2D eigenvalue weighted by molar-refractivity contribution is -0.896. The van der Waals surface area contributed by atoms with Crippen LogP contribution in [0.4, 0.5) is 0 Å². The molecule has 0 spiro atoms. The number of aryl methyl sites for hydroxylation is 1. The number of quaternary nitrogens is 1. The molecule has 0 saturated carbocycles. The molecule has 0 aliphatic heterocycles. The van der Waals surface area contributed by atoms with Gasteiger partial charge in [-0.15, -0.1) is 0 Å². The first kappa shape index (κ1) is 21.8. The molecule has 2 N–H and O–H groups in total. The van der Waals surface area contributed by atoms with E-state index in [0.717, 1.165) is 43.7 Å². The number of carbonyl (C=O) groups excluding carboxylic acids is 1. The van der Waals surface area contributed by atoms with Crippen molar-refractivity contribution in [3.63, 3.8) is 0 Å². The van der Waals surface area contributed by atoms with E-state index in [0.29, 0.717) is 17.1 Å². The van der Waals surface area contributed by atoms with Gasteiger partial charge in [-0.05, 0) is 70.4 Å². The van der Waals surface area contributed by atoms with E-state index in [-0.39, 0.29) is 11.9 Å². The molecule has 1 amide bonds. The average molecular weight is 410 g/mol. The number of amides is 1. The van der Waals surface area contributed by atoms with Crippen molar-refractivity contribution in [1.29, 1.82) is 0 Å². The third kappa shape index (κ3) is 5.39. The maximum absolute atomic E-state index is 13.1. The molecule has 2 heterocycles. The van der Waals surface area contributed by atoms with Gasteiger partial charge in [0.15, 0.2) is 5.76 Å². The summed E-state index contributed by atoms with van der Waals surface area (Å²) in [4.78, 5) is 14.7. The highest BCUT2D eigenvalue weighted by Gasteiger charge is 2.20. The Hall–Kier alpha value is -2.86. The molecule has 3 rings (SSSR count). The number of benzene rings is 1. The molecule has 6 heteroatoms. The molecule has 0 unspecified atom stereocenters. The number of hydrogen-bond acceptors (Lipinski definition) is 3. The van der Waals surface area contributed by atoms with Gasteiger partial charge in [-0.25, -0.2) is 4.68 Å². The second-order valence-corrected chi connectivity index (χ2v) is 7.87. The van der Waals surface area contributed by atoms with Crippen LogP contribution in [-0.2, 0) is 0 Å². The summed E-state index contributed by atoms with van der Waals surface area (Å²) in [5, 5.41) is 7.81. The number of rotatable bonds is 10. The van der Waals surface area contributed by atoms with Crippen LogP contribution in [0.3, 0.4) is 0 Å². The normalized spacial score (nSPS) is 12.3. The maximum atomic E-state index is 13.1. The van der Waals surface area contributed by atoms with E-state index in [9.17, 15) is 4.79 Å². The first-order chi connectivity index (χ1) is 14.5. The molecule has 1 aromatic carbocycles. The number of carbonyl (C=O) groups is 1. The highest BCUT2D eigenvalue weighted by atomic mass is 16.3. The highest BCUT2D eigenvalue weighted by molar-refractivity contribution is 5.94. The molecule has 0 aliphatic carbocycles. The monoisotopic (exact) mass is 409 g/mol. The second-order valence-electron chi connectivity index (χ2n) is 7.87. The van der Waals surface area contributed by atoms with Crippen LogP contribution in [-0.4, -0.2) is 41.4 Å². The van der Waals surface area contributed by atoms with Gasteiger partial charge in [0.2, 0.25) is 0 Å². The van der Waals surface area contributed by atoms with E-state index in [1.807, 2.05) is 43.3 Å². The van der Waals surface area contributed by atoms with Gasteiger partial charge in [0, 0.05) is 12.1 Å². The van der Waals surface area contributed by atoms with Crippen LogP contribution < -0.4 is 10.2 Å². The van der Waals surface area contributed by atoms with E-state index in [4.69, 9.17) is 4.42 Å². The summed E-state index contributed by atoms with van der Waals surface area (Å²) in [7, 11) is 0. The third-order valence-corrected chi connectivity index (χ3v) is 5.51. The average Bonchev–Trinajstić information content (AvgIpc) is 3.41. The van der Waals surface area contributed by atoms with Crippen molar-refractivity contribution < 1.29 is 14.1 Å². The molecule has 0 fully saturated rings. The van der Waals surface area contributed by atoms with Crippen molar-refractivity contribution in [2.75, 3.05) is 19.6 Å². The smallest absolute Gasteiger partial charge is 0.270 e. The molecule has 160 valence electrons. The number of nitrogens with one attached hydrogen (secondary N) is 2. The van der Waals surface area contributed by atoms with Gasteiger partial charge < -0.3 is 14.6 Å². The lowest BCUT2D eigenvalue weighted by Crippen LogP contribution is -3.11. The molecule has 0 radical (unpaired) electrons. The first-order valence-corrected chi connectivity index (χ1v) is 10.9. The molecular weight excluding hydrogens is 376 g/mol. The zero-order valence-electron chi connectivity index (χ0n) is 18.4. The highest BCUT2D eigenvalue weighted by Crippen LogP contribution is 2.22. The van der Waals surface area contributed by atoms with Crippen molar-refractivity contribution in [3.8, 4) is 17.1 Å². The number of hydrogen-bond donors (Lipinski definition) is 2. The van der Waals surface area contributed by atoms with Crippen LogP contribution in [0.15, 0.2) is 53.1 Å². The van der Waals surface area contributed by atoms with Crippen LogP contribution in [0.1, 0.15) is 49.7 Å². The summed E-state index contributed by atoms with van der Waals surface area (Å²) in [5.74, 6) is 0.523. The predicted octanol–water partition coefficient (Wildman–Crippen LogP) is 3.26. The Bertz CT molecular complexity index is 942. The van der Waals surface area contributed by atoms with Gasteiger partial charge in [0.25, 0.3) is 5.91 Å². The molecule has 30 heavy (non-hydrogen) atoms. The van der Waals surface area contributed by atoms with Crippen molar-refractivity contribution in [2.24, 2.45) is 0 Å². The molecule has 6 nitrogen and oxygen atoms in total. The summed E-state index contributed by atoms with van der Waals surface area (Å²) in [5.41, 5.74) is 3.12. The minimum Gasteiger partial charge on any atom is -0.463 e. The Labute approximate surface area is 178 Å². The Balaban J connectivity index is 1.77. The standard InChI is InChI=1S/C24H32N4O2/c1-5-27(6-2)14-8-11-19(4)25-24(29)22-17-21(23-13-9-15-30-23)26-28(22)20-12-7-10-18(3)16-20/h7,9-10,12-13,15-17,19H,5-6,8,11,14H2,1-4H3,(H,25,29)/p+1/t19-/m0/s1. The zero-order valence-corrected chi connectivity index (χ0v) is 18.4. The Morgan fingerprint density at radius 3 is 2.67 bits per heavy atom. The Morgan fingerprint density at radius 1 is 1.20 bits per heavy atom. The van der Waals surface area contributed by atoms with Gasteiger partial charge in [-0.2, -0.15) is 5.10 Å². The molecule has 0 saturated heterocycles. The largest absolute Gasteiger partial charge is 0.463 e. The van der Waals surface area contributed by atoms with E-state index in [1.165, 1.54) is 0 Å². The van der Waals surface area contributed by atoms with Crippen LogP contribution in [0.2, 0.25) is 0 Å². The van der Waals surface area contributed by atoms with Crippen molar-refractivity contribution in [1.82, 2.24) is 15.1 Å². The Kier molecular flexibility index (Phi) is 7.46. The first-order valence-electron chi connectivity index (χ1n) is 10.9. The lowest BCUT2D eigenvalue weighted by Gasteiger charge is -2.18. The fraction of sp³-hybridized carbons (Fsp3) is 0.417. The molecule has 0 aliphatic rings. The van der Waals surface area contributed by atoms with E-state index < -0.39 is 0 Å². The lowest BCUT2D eigenvalue weighted by atomic mass is 10.1. The number of aromatic nitrogens is 2. The fourth-order valence-corrected chi connectivity index (χ4v) is 3.68. The minimum absolute atomic E-state index is 0.0976. The van der Waals surface area contributed by atoms with Gasteiger partial charge >= 0.3 is 0 Å². The zero-order chi connectivity index (χ0) is 21.5. The number of nitrogens with zero attached hydrogens (tertiary/aromatic N) is 2. The van der Waals surface area contributed by atoms with E-state index in [1.54, 1.807) is 21.9 Å². The quantitative estimate of drug-likeness (QED) is 0.540. The Morgan fingerprint density at radius 2 is 2.00 bits per heavy atom. The van der Waals surface area contributed by atoms with Crippen LogP contribution >= 0.6 is 0 Å². The van der Waals surface area contributed by atoms with E-state index in [2.05, 4.69) is 31.2 Å². The maximum Gasteiger partial charge on any atom is 0.270 e. The molecular formula is C24H33N4O2+. The summed E-state index contributed by atoms with van der Waals surface area (Å²) in [6, 6.07) is 13.5. The summed E-state index contributed by atoms with van der Waals surface area (Å²) >= 11 is 0. The van der Waals surface area contributed by atoms with Gasteiger partial charge in [-0.3, -0.25) is 4.79 Å². The third-order valence-electron chi connectivity index (χ3n) is 5.51. The van der Waals surface area contributed by atoms with Crippen molar-refractivity contribution >= 4 is 5.91 Å². The molecule has 0 bridgehead atoms. The van der Waals surface area contributed by atoms with Gasteiger partial charge in [0.05, 0.1) is 31.6 Å². The van der Waals surface area contributed by atoms with Crippen molar-refractivity contribution in [2.45, 2.75) is 46.6 Å². The van der Waals surface area contributed by atoms with Gasteiger partial charge in [0.1, 0.15) is 11.4 Å².